The van der Waals surface area contributed by atoms with Gasteiger partial charge in [0.25, 0.3) is 11.5 Å². The molecule has 0 fully saturated rings. The van der Waals surface area contributed by atoms with Crippen LogP contribution < -0.4 is 10.9 Å². The van der Waals surface area contributed by atoms with Crippen LogP contribution in [0.1, 0.15) is 35.0 Å². The fraction of sp³-hybridized carbons (Fsp3) is 0.294. The molecule has 0 saturated carbocycles. The molecule has 1 aromatic heterocycles. The Hall–Kier alpha value is -2.07. The van der Waals surface area contributed by atoms with Crippen LogP contribution >= 0.6 is 11.6 Å². The Kier molecular flexibility index (Phi) is 4.03. The molecule has 1 amide bonds. The van der Waals surface area contributed by atoms with Crippen molar-refractivity contribution in [2.75, 3.05) is 5.32 Å². The fourth-order valence-corrected chi connectivity index (χ4v) is 3.01. The number of H-pyrrole nitrogens is 1. The van der Waals surface area contributed by atoms with Gasteiger partial charge in [0.1, 0.15) is 5.56 Å². The van der Waals surface area contributed by atoms with Gasteiger partial charge in [0.2, 0.25) is 0 Å². The second-order valence-corrected chi connectivity index (χ2v) is 6.26. The second-order valence-electron chi connectivity index (χ2n) is 5.83. The smallest absolute Gasteiger partial charge is 0.261 e. The van der Waals surface area contributed by atoms with Gasteiger partial charge in [-0.25, -0.2) is 0 Å². The van der Waals surface area contributed by atoms with Crippen molar-refractivity contribution < 1.29 is 4.79 Å². The van der Waals surface area contributed by atoms with Gasteiger partial charge in [0.15, 0.2) is 0 Å². The first-order valence-corrected chi connectivity index (χ1v) is 7.72. The van der Waals surface area contributed by atoms with Gasteiger partial charge in [-0.3, -0.25) is 9.59 Å². The van der Waals surface area contributed by atoms with E-state index in [2.05, 4.69) is 17.2 Å². The van der Waals surface area contributed by atoms with E-state index in [1.54, 1.807) is 30.3 Å². The summed E-state index contributed by atoms with van der Waals surface area (Å²) in [6.45, 7) is 2.18. The number of fused-ring (bicyclic) bond motifs is 1. The summed E-state index contributed by atoms with van der Waals surface area (Å²) in [6.07, 6.45) is 2.82. The number of aryl methyl sites for hydroxylation is 1. The van der Waals surface area contributed by atoms with Crippen molar-refractivity contribution >= 4 is 23.2 Å². The van der Waals surface area contributed by atoms with Crippen molar-refractivity contribution in [3.05, 3.63) is 62.5 Å². The SMILES string of the molecule is C[C@@H]1CCc2[nH]c(=O)c(C(=O)Nc3cccc(Cl)c3)cc2C1. The molecule has 3 rings (SSSR count). The van der Waals surface area contributed by atoms with E-state index >= 15 is 0 Å². The maximum absolute atomic E-state index is 12.3. The third kappa shape index (κ3) is 3.07. The number of halogens is 1. The number of aromatic nitrogens is 1. The Bertz CT molecular complexity index is 782. The lowest BCUT2D eigenvalue weighted by Gasteiger charge is -2.21. The molecule has 0 spiro atoms. The lowest BCUT2D eigenvalue weighted by Crippen LogP contribution is -2.27. The van der Waals surface area contributed by atoms with Gasteiger partial charge in [-0.05, 0) is 55.0 Å². The molecule has 1 aromatic carbocycles. The topological polar surface area (TPSA) is 62.0 Å². The van der Waals surface area contributed by atoms with E-state index in [0.717, 1.165) is 30.5 Å². The van der Waals surface area contributed by atoms with Crippen molar-refractivity contribution in [3.8, 4) is 0 Å². The molecule has 1 atom stereocenters. The van der Waals surface area contributed by atoms with Gasteiger partial charge in [-0.2, -0.15) is 0 Å². The van der Waals surface area contributed by atoms with E-state index in [-0.39, 0.29) is 11.1 Å². The van der Waals surface area contributed by atoms with Gasteiger partial charge in [-0.15, -0.1) is 0 Å². The molecule has 2 aromatic rings. The van der Waals surface area contributed by atoms with Crippen LogP contribution in [-0.4, -0.2) is 10.9 Å². The molecule has 2 N–H and O–H groups in total. The molecule has 1 aliphatic rings. The quantitative estimate of drug-likeness (QED) is 0.892. The Labute approximate surface area is 133 Å². The third-order valence-electron chi connectivity index (χ3n) is 4.00. The molecule has 1 aliphatic carbocycles. The zero-order chi connectivity index (χ0) is 15.7. The first kappa shape index (κ1) is 14.9. The maximum atomic E-state index is 12.3. The molecule has 0 saturated heterocycles. The maximum Gasteiger partial charge on any atom is 0.261 e. The number of pyridine rings is 1. The number of hydrogen-bond acceptors (Lipinski definition) is 2. The summed E-state index contributed by atoms with van der Waals surface area (Å²) in [5.74, 6) is 0.159. The standard InChI is InChI=1S/C17H17ClN2O2/c1-10-5-6-15-11(7-10)8-14(17(22)20-15)16(21)19-13-4-2-3-12(18)9-13/h2-4,8-10H,5-7H2,1H3,(H,19,21)(H,20,22)/t10-/m1/s1. The normalized spacial score (nSPS) is 16.9. The van der Waals surface area contributed by atoms with Crippen LogP contribution in [-0.2, 0) is 12.8 Å². The molecule has 114 valence electrons. The van der Waals surface area contributed by atoms with E-state index in [1.807, 2.05) is 0 Å². The zero-order valence-corrected chi connectivity index (χ0v) is 13.0. The van der Waals surface area contributed by atoms with Crippen LogP contribution in [0.5, 0.6) is 0 Å². The molecule has 22 heavy (non-hydrogen) atoms. The Balaban J connectivity index is 1.89. The molecule has 0 radical (unpaired) electrons. The summed E-state index contributed by atoms with van der Waals surface area (Å²) in [4.78, 5) is 27.3. The number of anilines is 1. The number of hydrogen-bond donors (Lipinski definition) is 2. The highest BCUT2D eigenvalue weighted by Gasteiger charge is 2.20. The van der Waals surface area contributed by atoms with E-state index in [0.29, 0.717) is 16.6 Å². The number of benzene rings is 1. The van der Waals surface area contributed by atoms with Crippen molar-refractivity contribution in [2.45, 2.75) is 26.2 Å². The molecule has 0 bridgehead atoms. The molecular weight excluding hydrogens is 300 g/mol. The predicted octanol–water partition coefficient (Wildman–Crippen LogP) is 3.41. The molecule has 0 unspecified atom stereocenters. The molecule has 0 aliphatic heterocycles. The minimum absolute atomic E-state index is 0.146. The van der Waals surface area contributed by atoms with Gasteiger partial charge in [0.05, 0.1) is 0 Å². The van der Waals surface area contributed by atoms with Crippen molar-refractivity contribution in [1.82, 2.24) is 4.98 Å². The number of rotatable bonds is 2. The molecule has 5 heteroatoms. The van der Waals surface area contributed by atoms with Gasteiger partial charge in [-0.1, -0.05) is 24.6 Å². The summed E-state index contributed by atoms with van der Waals surface area (Å²) in [5, 5.41) is 3.25. The first-order chi connectivity index (χ1) is 10.5. The minimum atomic E-state index is -0.412. The summed E-state index contributed by atoms with van der Waals surface area (Å²) < 4.78 is 0. The lowest BCUT2D eigenvalue weighted by molar-refractivity contribution is 0.102. The van der Waals surface area contributed by atoms with E-state index in [1.165, 1.54) is 0 Å². The highest BCUT2D eigenvalue weighted by atomic mass is 35.5. The summed E-state index contributed by atoms with van der Waals surface area (Å²) in [6, 6.07) is 8.58. The van der Waals surface area contributed by atoms with Crippen LogP contribution in [0.4, 0.5) is 5.69 Å². The number of carbonyl (C=O) groups excluding carboxylic acids is 1. The summed E-state index contributed by atoms with van der Waals surface area (Å²) >= 11 is 5.90. The van der Waals surface area contributed by atoms with E-state index in [4.69, 9.17) is 11.6 Å². The monoisotopic (exact) mass is 316 g/mol. The number of aromatic amines is 1. The summed E-state index contributed by atoms with van der Waals surface area (Å²) in [7, 11) is 0. The molecule has 1 heterocycles. The average Bonchev–Trinajstić information content (AvgIpc) is 2.47. The average molecular weight is 317 g/mol. The Morgan fingerprint density at radius 3 is 2.95 bits per heavy atom. The van der Waals surface area contributed by atoms with Gasteiger partial charge >= 0.3 is 0 Å². The van der Waals surface area contributed by atoms with Gasteiger partial charge in [0, 0.05) is 16.4 Å². The number of amides is 1. The van der Waals surface area contributed by atoms with Crippen molar-refractivity contribution in [1.29, 1.82) is 0 Å². The molecule has 4 nitrogen and oxygen atoms in total. The first-order valence-electron chi connectivity index (χ1n) is 7.35. The third-order valence-corrected chi connectivity index (χ3v) is 4.23. The van der Waals surface area contributed by atoms with Crippen LogP contribution in [0.2, 0.25) is 5.02 Å². The van der Waals surface area contributed by atoms with Crippen LogP contribution in [0, 0.1) is 5.92 Å². The number of nitrogens with one attached hydrogen (secondary N) is 2. The van der Waals surface area contributed by atoms with E-state index in [9.17, 15) is 9.59 Å². The van der Waals surface area contributed by atoms with E-state index < -0.39 is 5.91 Å². The molecular formula is C17H17ClN2O2. The van der Waals surface area contributed by atoms with Gasteiger partial charge < -0.3 is 10.3 Å². The van der Waals surface area contributed by atoms with Crippen LogP contribution in [0.3, 0.4) is 0 Å². The summed E-state index contributed by atoms with van der Waals surface area (Å²) in [5.41, 5.74) is 2.40. The lowest BCUT2D eigenvalue weighted by atomic mass is 9.87. The largest absolute Gasteiger partial charge is 0.325 e. The fourth-order valence-electron chi connectivity index (χ4n) is 2.82. The predicted molar refractivity (Wildman–Crippen MR) is 87.7 cm³/mol. The van der Waals surface area contributed by atoms with Crippen molar-refractivity contribution in [3.63, 3.8) is 0 Å². The number of carbonyl (C=O) groups is 1. The second kappa shape index (κ2) is 5.97. The Morgan fingerprint density at radius 1 is 1.36 bits per heavy atom. The highest BCUT2D eigenvalue weighted by Crippen LogP contribution is 2.23. The zero-order valence-electron chi connectivity index (χ0n) is 12.3. The minimum Gasteiger partial charge on any atom is -0.325 e. The van der Waals surface area contributed by atoms with Crippen LogP contribution in [0.25, 0.3) is 0 Å². The highest BCUT2D eigenvalue weighted by molar-refractivity contribution is 6.30. The van der Waals surface area contributed by atoms with Crippen LogP contribution in [0.15, 0.2) is 35.1 Å². The van der Waals surface area contributed by atoms with Crippen molar-refractivity contribution in [2.24, 2.45) is 5.92 Å². The Morgan fingerprint density at radius 2 is 2.18 bits per heavy atom.